The first-order chi connectivity index (χ1) is 7.72. The summed E-state index contributed by atoms with van der Waals surface area (Å²) < 4.78 is 0. The van der Waals surface area contributed by atoms with Crippen molar-refractivity contribution in [2.24, 2.45) is 17.8 Å². The van der Waals surface area contributed by atoms with Crippen molar-refractivity contribution >= 4 is 0 Å². The molecule has 0 bridgehead atoms. The van der Waals surface area contributed by atoms with Gasteiger partial charge in [0.25, 0.3) is 0 Å². The second kappa shape index (κ2) is 8.11. The van der Waals surface area contributed by atoms with Crippen LogP contribution >= 0.6 is 0 Å². The van der Waals surface area contributed by atoms with Crippen molar-refractivity contribution in [3.63, 3.8) is 0 Å². The van der Waals surface area contributed by atoms with Crippen molar-refractivity contribution in [3.8, 4) is 0 Å². The highest BCUT2D eigenvalue weighted by atomic mass is 14.8. The number of rotatable bonds is 7. The molecule has 0 heterocycles. The molecule has 1 nitrogen and oxygen atoms in total. The summed E-state index contributed by atoms with van der Waals surface area (Å²) in [6.07, 6.45) is 10.3. The van der Waals surface area contributed by atoms with Crippen LogP contribution in [0.5, 0.6) is 0 Å². The average molecular weight is 225 g/mol. The van der Waals surface area contributed by atoms with Crippen LogP contribution in [0.4, 0.5) is 0 Å². The third-order valence-corrected chi connectivity index (χ3v) is 3.99. The Kier molecular flexibility index (Phi) is 7.11. The Morgan fingerprint density at radius 3 is 2.62 bits per heavy atom. The standard InChI is InChI=1S/C15H31N/c1-4-14-7-5-8-15(11-14)9-6-10-16-12-13(2)3/h13-16H,4-12H2,1-3H3. The van der Waals surface area contributed by atoms with Gasteiger partial charge in [-0.15, -0.1) is 0 Å². The van der Waals surface area contributed by atoms with Crippen molar-refractivity contribution in [1.29, 1.82) is 0 Å². The number of hydrogen-bond donors (Lipinski definition) is 1. The van der Waals surface area contributed by atoms with E-state index >= 15 is 0 Å². The van der Waals surface area contributed by atoms with Crippen molar-refractivity contribution in [1.82, 2.24) is 5.32 Å². The molecular weight excluding hydrogens is 194 g/mol. The fraction of sp³-hybridized carbons (Fsp3) is 1.00. The third-order valence-electron chi connectivity index (χ3n) is 3.99. The molecule has 1 saturated carbocycles. The fourth-order valence-electron chi connectivity index (χ4n) is 2.94. The molecule has 1 aliphatic carbocycles. The quantitative estimate of drug-likeness (QED) is 0.639. The lowest BCUT2D eigenvalue weighted by molar-refractivity contribution is 0.245. The van der Waals surface area contributed by atoms with E-state index in [0.29, 0.717) is 0 Å². The lowest BCUT2D eigenvalue weighted by Crippen LogP contribution is -2.22. The summed E-state index contributed by atoms with van der Waals surface area (Å²) in [5.41, 5.74) is 0. The first-order valence-electron chi connectivity index (χ1n) is 7.43. The second-order valence-corrected chi connectivity index (χ2v) is 6.05. The summed E-state index contributed by atoms with van der Waals surface area (Å²) >= 11 is 0. The summed E-state index contributed by atoms with van der Waals surface area (Å²) in [4.78, 5) is 0. The molecule has 1 heteroatoms. The summed E-state index contributed by atoms with van der Waals surface area (Å²) in [6.45, 7) is 9.32. The van der Waals surface area contributed by atoms with Gasteiger partial charge in [0.05, 0.1) is 0 Å². The van der Waals surface area contributed by atoms with E-state index < -0.39 is 0 Å². The van der Waals surface area contributed by atoms with Gasteiger partial charge in [-0.1, -0.05) is 46.5 Å². The van der Waals surface area contributed by atoms with Gasteiger partial charge >= 0.3 is 0 Å². The van der Waals surface area contributed by atoms with Gasteiger partial charge in [-0.25, -0.2) is 0 Å². The zero-order chi connectivity index (χ0) is 11.8. The minimum Gasteiger partial charge on any atom is -0.316 e. The molecule has 2 unspecified atom stereocenters. The first kappa shape index (κ1) is 14.0. The largest absolute Gasteiger partial charge is 0.316 e. The molecule has 16 heavy (non-hydrogen) atoms. The van der Waals surface area contributed by atoms with E-state index in [1.54, 1.807) is 0 Å². The molecule has 0 radical (unpaired) electrons. The van der Waals surface area contributed by atoms with Crippen LogP contribution in [0.2, 0.25) is 0 Å². The first-order valence-corrected chi connectivity index (χ1v) is 7.43. The van der Waals surface area contributed by atoms with Gasteiger partial charge < -0.3 is 5.32 Å². The number of hydrogen-bond acceptors (Lipinski definition) is 1. The van der Waals surface area contributed by atoms with Crippen LogP contribution in [0.15, 0.2) is 0 Å². The van der Waals surface area contributed by atoms with Crippen LogP contribution in [0.25, 0.3) is 0 Å². The number of nitrogens with one attached hydrogen (secondary N) is 1. The highest BCUT2D eigenvalue weighted by Gasteiger charge is 2.19. The molecule has 0 amide bonds. The zero-order valence-electron chi connectivity index (χ0n) is 11.6. The monoisotopic (exact) mass is 225 g/mol. The SMILES string of the molecule is CCC1CCCC(CCCNCC(C)C)C1. The van der Waals surface area contributed by atoms with Crippen molar-refractivity contribution < 1.29 is 0 Å². The molecule has 1 rings (SSSR count). The van der Waals surface area contributed by atoms with Gasteiger partial charge in [-0.3, -0.25) is 0 Å². The molecule has 0 aromatic rings. The molecule has 0 aromatic heterocycles. The van der Waals surface area contributed by atoms with Gasteiger partial charge in [0.2, 0.25) is 0 Å². The molecule has 1 N–H and O–H groups in total. The Morgan fingerprint density at radius 1 is 1.19 bits per heavy atom. The molecule has 96 valence electrons. The Morgan fingerprint density at radius 2 is 1.94 bits per heavy atom. The maximum Gasteiger partial charge on any atom is -0.00258 e. The van der Waals surface area contributed by atoms with Crippen LogP contribution in [-0.2, 0) is 0 Å². The van der Waals surface area contributed by atoms with Crippen molar-refractivity contribution in [3.05, 3.63) is 0 Å². The molecule has 1 fully saturated rings. The highest BCUT2D eigenvalue weighted by Crippen LogP contribution is 2.33. The van der Waals surface area contributed by atoms with E-state index in [4.69, 9.17) is 0 Å². The Hall–Kier alpha value is -0.0400. The van der Waals surface area contributed by atoms with E-state index in [1.165, 1.54) is 58.0 Å². The normalized spacial score (nSPS) is 26.2. The van der Waals surface area contributed by atoms with Gasteiger partial charge in [-0.05, 0) is 50.1 Å². The summed E-state index contributed by atoms with van der Waals surface area (Å²) in [6, 6.07) is 0. The minimum atomic E-state index is 0.791. The zero-order valence-corrected chi connectivity index (χ0v) is 11.6. The van der Waals surface area contributed by atoms with Gasteiger partial charge in [0.1, 0.15) is 0 Å². The maximum atomic E-state index is 3.55. The van der Waals surface area contributed by atoms with Crippen molar-refractivity contribution in [2.75, 3.05) is 13.1 Å². The fourth-order valence-corrected chi connectivity index (χ4v) is 2.94. The van der Waals surface area contributed by atoms with E-state index in [9.17, 15) is 0 Å². The van der Waals surface area contributed by atoms with Crippen molar-refractivity contribution in [2.45, 2.75) is 65.7 Å². The van der Waals surface area contributed by atoms with E-state index in [-0.39, 0.29) is 0 Å². The molecule has 1 aliphatic rings. The Balaban J connectivity index is 1.99. The van der Waals surface area contributed by atoms with Gasteiger partial charge in [0.15, 0.2) is 0 Å². The van der Waals surface area contributed by atoms with E-state index in [0.717, 1.165) is 17.8 Å². The van der Waals surface area contributed by atoms with Crippen LogP contribution in [0.3, 0.4) is 0 Å². The average Bonchev–Trinajstić information content (AvgIpc) is 2.28. The van der Waals surface area contributed by atoms with Gasteiger partial charge in [-0.2, -0.15) is 0 Å². The predicted molar refractivity (Wildman–Crippen MR) is 72.7 cm³/mol. The minimum absolute atomic E-state index is 0.791. The summed E-state index contributed by atoms with van der Waals surface area (Å²) in [5, 5.41) is 3.55. The summed E-state index contributed by atoms with van der Waals surface area (Å²) in [5.74, 6) is 2.88. The molecule has 0 spiro atoms. The van der Waals surface area contributed by atoms with Crippen LogP contribution in [-0.4, -0.2) is 13.1 Å². The Bertz CT molecular complexity index is 165. The van der Waals surface area contributed by atoms with Crippen LogP contribution < -0.4 is 5.32 Å². The lowest BCUT2D eigenvalue weighted by atomic mass is 9.78. The van der Waals surface area contributed by atoms with Gasteiger partial charge in [0, 0.05) is 0 Å². The van der Waals surface area contributed by atoms with E-state index in [2.05, 4.69) is 26.1 Å². The molecule has 0 aliphatic heterocycles. The molecular formula is C15H31N. The highest BCUT2D eigenvalue weighted by molar-refractivity contribution is 4.72. The third kappa shape index (κ3) is 5.89. The van der Waals surface area contributed by atoms with Crippen LogP contribution in [0.1, 0.15) is 65.7 Å². The molecule has 0 aromatic carbocycles. The molecule has 2 atom stereocenters. The predicted octanol–water partition coefficient (Wildman–Crippen LogP) is 4.23. The maximum absolute atomic E-state index is 3.55. The smallest absolute Gasteiger partial charge is 0.00258 e. The summed E-state index contributed by atoms with van der Waals surface area (Å²) in [7, 11) is 0. The second-order valence-electron chi connectivity index (χ2n) is 6.05. The Labute approximate surface area is 102 Å². The molecule has 0 saturated heterocycles. The topological polar surface area (TPSA) is 12.0 Å². The lowest BCUT2D eigenvalue weighted by Gasteiger charge is -2.28. The van der Waals surface area contributed by atoms with Crippen LogP contribution in [0, 0.1) is 17.8 Å². The van der Waals surface area contributed by atoms with E-state index in [1.807, 2.05) is 0 Å².